The predicted molar refractivity (Wildman–Crippen MR) is 90.8 cm³/mol. The van der Waals surface area contributed by atoms with Crippen molar-refractivity contribution in [3.63, 3.8) is 0 Å². The highest BCUT2D eigenvalue weighted by molar-refractivity contribution is 5.73. The van der Waals surface area contributed by atoms with Gasteiger partial charge in [0.15, 0.2) is 5.79 Å². The van der Waals surface area contributed by atoms with Gasteiger partial charge in [0.05, 0.1) is 13.7 Å². The Morgan fingerprint density at radius 2 is 1.92 bits per heavy atom. The molecule has 2 saturated heterocycles. The van der Waals surface area contributed by atoms with Crippen molar-refractivity contribution in [2.45, 2.75) is 57.2 Å². The van der Waals surface area contributed by atoms with Gasteiger partial charge in [0.25, 0.3) is 0 Å². The highest BCUT2D eigenvalue weighted by Gasteiger charge is 2.52. The van der Waals surface area contributed by atoms with E-state index >= 15 is 0 Å². The van der Waals surface area contributed by atoms with Crippen molar-refractivity contribution in [2.75, 3.05) is 13.7 Å². The number of hydrogen-bond donors (Lipinski definition) is 2. The number of nitrogens with one attached hydrogen (secondary N) is 1. The zero-order chi connectivity index (χ0) is 18.9. The number of hydrogen-bond acceptors (Lipinski definition) is 7. The minimum atomic E-state index is -1.01. The van der Waals surface area contributed by atoms with Crippen LogP contribution in [0.3, 0.4) is 0 Å². The minimum absolute atomic E-state index is 0.254. The molecule has 0 aliphatic carbocycles. The second-order valence-electron chi connectivity index (χ2n) is 6.85. The highest BCUT2D eigenvalue weighted by Crippen LogP contribution is 2.33. The van der Waals surface area contributed by atoms with Crippen molar-refractivity contribution in [3.8, 4) is 11.5 Å². The Morgan fingerprint density at radius 3 is 2.54 bits per heavy atom. The van der Waals surface area contributed by atoms with Crippen LogP contribution >= 0.6 is 0 Å². The SMILES string of the molecule is COc1ccc(O[C@@H]2O[C@@H]3COC(C)(C)O[C@H]3[C@H](O)[C@H]2NC(C)=O)cc1. The van der Waals surface area contributed by atoms with E-state index in [0.29, 0.717) is 11.5 Å². The fourth-order valence-electron chi connectivity index (χ4n) is 3.12. The molecule has 0 spiro atoms. The molecule has 144 valence electrons. The number of fused-ring (bicyclic) bond motifs is 1. The Morgan fingerprint density at radius 1 is 1.27 bits per heavy atom. The lowest BCUT2D eigenvalue weighted by Gasteiger charge is -2.49. The second kappa shape index (κ2) is 7.40. The molecule has 2 heterocycles. The van der Waals surface area contributed by atoms with E-state index in [1.54, 1.807) is 45.2 Å². The molecule has 2 fully saturated rings. The van der Waals surface area contributed by atoms with Crippen molar-refractivity contribution in [1.29, 1.82) is 0 Å². The summed E-state index contributed by atoms with van der Waals surface area (Å²) in [6.45, 7) is 5.16. The van der Waals surface area contributed by atoms with E-state index in [4.69, 9.17) is 23.7 Å². The van der Waals surface area contributed by atoms with E-state index in [-0.39, 0.29) is 12.5 Å². The zero-order valence-corrected chi connectivity index (χ0v) is 15.3. The molecule has 1 aromatic carbocycles. The molecule has 26 heavy (non-hydrogen) atoms. The van der Waals surface area contributed by atoms with Crippen LogP contribution in [0.5, 0.6) is 11.5 Å². The Bertz CT molecular complexity index is 633. The summed E-state index contributed by atoms with van der Waals surface area (Å²) in [4.78, 5) is 11.6. The quantitative estimate of drug-likeness (QED) is 0.813. The fourth-order valence-corrected chi connectivity index (χ4v) is 3.12. The third-order valence-electron chi connectivity index (χ3n) is 4.37. The number of ether oxygens (including phenoxy) is 5. The van der Waals surface area contributed by atoms with E-state index in [1.165, 1.54) is 6.92 Å². The lowest BCUT2D eigenvalue weighted by Crippen LogP contribution is -2.69. The monoisotopic (exact) mass is 367 g/mol. The molecule has 1 aromatic rings. The first-order chi connectivity index (χ1) is 12.3. The molecule has 5 atom stereocenters. The van der Waals surface area contributed by atoms with Gasteiger partial charge < -0.3 is 34.1 Å². The standard InChI is InChI=1S/C18H25NO7/c1-10(20)19-14-15(21)16-13(9-23-18(2,3)26-16)25-17(14)24-12-7-5-11(22-4)6-8-12/h5-8,13-17,21H,9H2,1-4H3,(H,19,20)/t13-,14-,15-,16-,17-/m1/s1. The van der Waals surface area contributed by atoms with E-state index < -0.39 is 36.4 Å². The van der Waals surface area contributed by atoms with Crippen LogP contribution in [-0.2, 0) is 19.0 Å². The van der Waals surface area contributed by atoms with E-state index in [9.17, 15) is 9.90 Å². The average molecular weight is 367 g/mol. The molecular formula is C18H25NO7. The summed E-state index contributed by atoms with van der Waals surface area (Å²) >= 11 is 0. The topological polar surface area (TPSA) is 95.5 Å². The largest absolute Gasteiger partial charge is 0.497 e. The Kier molecular flexibility index (Phi) is 5.38. The molecule has 0 saturated carbocycles. The maximum Gasteiger partial charge on any atom is 0.223 e. The van der Waals surface area contributed by atoms with Crippen molar-refractivity contribution in [3.05, 3.63) is 24.3 Å². The molecule has 1 amide bonds. The number of aliphatic hydroxyl groups is 1. The van der Waals surface area contributed by atoms with Crippen LogP contribution in [0.1, 0.15) is 20.8 Å². The number of carbonyl (C=O) groups excluding carboxylic acids is 1. The summed E-state index contributed by atoms with van der Waals surface area (Å²) in [5.74, 6) is 0.0768. The summed E-state index contributed by atoms with van der Waals surface area (Å²) in [7, 11) is 1.58. The zero-order valence-electron chi connectivity index (χ0n) is 15.3. The number of rotatable bonds is 4. The Balaban J connectivity index is 1.79. The third-order valence-corrected chi connectivity index (χ3v) is 4.37. The maximum absolute atomic E-state index is 11.6. The molecule has 0 radical (unpaired) electrons. The number of carbonyl (C=O) groups is 1. The van der Waals surface area contributed by atoms with Gasteiger partial charge in [-0.1, -0.05) is 0 Å². The minimum Gasteiger partial charge on any atom is -0.497 e. The van der Waals surface area contributed by atoms with Gasteiger partial charge in [-0.05, 0) is 38.1 Å². The normalized spacial score (nSPS) is 33.0. The van der Waals surface area contributed by atoms with Crippen LogP contribution < -0.4 is 14.8 Å². The first-order valence-electron chi connectivity index (χ1n) is 8.52. The maximum atomic E-state index is 11.6. The van der Waals surface area contributed by atoms with Gasteiger partial charge in [-0.15, -0.1) is 0 Å². The van der Waals surface area contributed by atoms with Gasteiger partial charge in [-0.25, -0.2) is 0 Å². The molecule has 0 bridgehead atoms. The molecule has 8 nitrogen and oxygen atoms in total. The van der Waals surface area contributed by atoms with Crippen LogP contribution in [0.4, 0.5) is 0 Å². The molecule has 3 rings (SSSR count). The van der Waals surface area contributed by atoms with Crippen LogP contribution in [0.2, 0.25) is 0 Å². The van der Waals surface area contributed by atoms with E-state index in [2.05, 4.69) is 5.32 Å². The summed E-state index contributed by atoms with van der Waals surface area (Å²) in [5.41, 5.74) is 0. The van der Waals surface area contributed by atoms with Crippen LogP contribution in [0.25, 0.3) is 0 Å². The van der Waals surface area contributed by atoms with E-state index in [1.807, 2.05) is 0 Å². The number of methoxy groups -OCH3 is 1. The summed E-state index contributed by atoms with van der Waals surface area (Å²) < 4.78 is 28.4. The molecular weight excluding hydrogens is 342 g/mol. The van der Waals surface area contributed by atoms with Crippen molar-refractivity contribution in [1.82, 2.24) is 5.32 Å². The Labute approximate surface area is 152 Å². The Hall–Kier alpha value is -1.87. The van der Waals surface area contributed by atoms with Crippen molar-refractivity contribution >= 4 is 5.91 Å². The summed E-state index contributed by atoms with van der Waals surface area (Å²) in [5, 5.41) is 13.5. The molecule has 0 unspecified atom stereocenters. The van der Waals surface area contributed by atoms with Crippen LogP contribution in [0, 0.1) is 0 Å². The molecule has 0 aromatic heterocycles. The summed E-state index contributed by atoms with van der Waals surface area (Å²) in [6, 6.07) is 6.16. The van der Waals surface area contributed by atoms with E-state index in [0.717, 1.165) is 0 Å². The van der Waals surface area contributed by atoms with Crippen LogP contribution in [0.15, 0.2) is 24.3 Å². The average Bonchev–Trinajstić information content (AvgIpc) is 2.59. The van der Waals surface area contributed by atoms with Gasteiger partial charge in [0, 0.05) is 6.92 Å². The molecule has 2 aliphatic rings. The van der Waals surface area contributed by atoms with Gasteiger partial charge in [-0.2, -0.15) is 0 Å². The molecule has 2 N–H and O–H groups in total. The number of aliphatic hydroxyl groups excluding tert-OH is 1. The molecule has 8 heteroatoms. The first kappa shape index (κ1) is 18.9. The third kappa shape index (κ3) is 4.09. The second-order valence-corrected chi connectivity index (χ2v) is 6.85. The smallest absolute Gasteiger partial charge is 0.223 e. The highest BCUT2D eigenvalue weighted by atomic mass is 16.8. The summed E-state index contributed by atoms with van der Waals surface area (Å²) in [6.07, 6.45) is -3.04. The lowest BCUT2D eigenvalue weighted by molar-refractivity contribution is -0.361. The lowest BCUT2D eigenvalue weighted by atomic mass is 9.95. The first-order valence-corrected chi connectivity index (χ1v) is 8.52. The van der Waals surface area contributed by atoms with Crippen molar-refractivity contribution in [2.24, 2.45) is 0 Å². The number of amides is 1. The van der Waals surface area contributed by atoms with Crippen LogP contribution in [-0.4, -0.2) is 61.2 Å². The number of benzene rings is 1. The fraction of sp³-hybridized carbons (Fsp3) is 0.611. The van der Waals surface area contributed by atoms with Gasteiger partial charge in [0.1, 0.15) is 35.9 Å². The van der Waals surface area contributed by atoms with Gasteiger partial charge in [0.2, 0.25) is 12.2 Å². The van der Waals surface area contributed by atoms with Crippen molar-refractivity contribution < 1.29 is 33.6 Å². The molecule has 2 aliphatic heterocycles. The van der Waals surface area contributed by atoms with Gasteiger partial charge >= 0.3 is 0 Å². The van der Waals surface area contributed by atoms with Gasteiger partial charge in [-0.3, -0.25) is 4.79 Å². The predicted octanol–water partition coefficient (Wildman–Crippen LogP) is 0.816.